The largest absolute Gasteiger partial charge is 0.375 e. The van der Waals surface area contributed by atoms with Gasteiger partial charge in [-0.25, -0.2) is 0 Å². The van der Waals surface area contributed by atoms with Crippen LogP contribution in [0.3, 0.4) is 0 Å². The number of pyridine rings is 1. The molecule has 4 heteroatoms. The summed E-state index contributed by atoms with van der Waals surface area (Å²) in [5, 5.41) is 0. The summed E-state index contributed by atoms with van der Waals surface area (Å²) in [7, 11) is 1.55. The molecule has 2 rings (SSSR count). The van der Waals surface area contributed by atoms with Crippen LogP contribution in [0, 0.1) is 0 Å². The van der Waals surface area contributed by atoms with Crippen LogP contribution in [-0.2, 0) is 16.1 Å². The van der Waals surface area contributed by atoms with Gasteiger partial charge in [-0.2, -0.15) is 0 Å². The molecule has 0 atom stereocenters. The molecule has 0 saturated heterocycles. The number of nitrogens with zero attached hydrogens (tertiary/aromatic N) is 2. The molecule has 4 nitrogen and oxygen atoms in total. The van der Waals surface area contributed by atoms with Gasteiger partial charge in [-0.05, 0) is 24.5 Å². The van der Waals surface area contributed by atoms with E-state index in [0.717, 1.165) is 18.4 Å². The van der Waals surface area contributed by atoms with Gasteiger partial charge in [-0.15, -0.1) is 0 Å². The van der Waals surface area contributed by atoms with Crippen LogP contribution in [0.1, 0.15) is 18.4 Å². The maximum atomic E-state index is 11.8. The minimum Gasteiger partial charge on any atom is -0.375 e. The number of ether oxygens (including phenoxy) is 1. The molecule has 1 heterocycles. The van der Waals surface area contributed by atoms with E-state index in [1.54, 1.807) is 19.5 Å². The van der Waals surface area contributed by atoms with Crippen molar-refractivity contribution in [3.8, 4) is 0 Å². The molecule has 0 aliphatic heterocycles. The summed E-state index contributed by atoms with van der Waals surface area (Å²) >= 11 is 0. The molecule has 0 radical (unpaired) electrons. The first-order valence-electron chi connectivity index (χ1n) is 5.48. The highest BCUT2D eigenvalue weighted by atomic mass is 16.5. The molecule has 1 fully saturated rings. The van der Waals surface area contributed by atoms with Crippen molar-refractivity contribution in [3.63, 3.8) is 0 Å². The molecule has 0 unspecified atom stereocenters. The summed E-state index contributed by atoms with van der Waals surface area (Å²) in [6.45, 7) is 0.803. The smallest absolute Gasteiger partial charge is 0.249 e. The lowest BCUT2D eigenvalue weighted by molar-refractivity contribution is -0.136. The van der Waals surface area contributed by atoms with E-state index in [4.69, 9.17) is 4.74 Å². The van der Waals surface area contributed by atoms with Crippen LogP contribution in [-0.4, -0.2) is 35.5 Å². The number of hydrogen-bond acceptors (Lipinski definition) is 3. The zero-order valence-electron chi connectivity index (χ0n) is 9.43. The SMILES string of the molecule is COCC(=O)N(Cc1cccnc1)C1CC1. The van der Waals surface area contributed by atoms with Gasteiger partial charge < -0.3 is 9.64 Å². The molecule has 1 aliphatic rings. The van der Waals surface area contributed by atoms with Crippen LogP contribution in [0.15, 0.2) is 24.5 Å². The van der Waals surface area contributed by atoms with E-state index in [2.05, 4.69) is 4.98 Å². The van der Waals surface area contributed by atoms with E-state index in [0.29, 0.717) is 12.6 Å². The van der Waals surface area contributed by atoms with Gasteiger partial charge in [0, 0.05) is 32.1 Å². The van der Waals surface area contributed by atoms with Gasteiger partial charge in [-0.3, -0.25) is 9.78 Å². The molecule has 1 saturated carbocycles. The summed E-state index contributed by atoms with van der Waals surface area (Å²) in [4.78, 5) is 17.8. The predicted molar refractivity (Wildman–Crippen MR) is 59.7 cm³/mol. The fourth-order valence-corrected chi connectivity index (χ4v) is 1.70. The van der Waals surface area contributed by atoms with Crippen molar-refractivity contribution in [1.29, 1.82) is 0 Å². The average molecular weight is 220 g/mol. The first-order chi connectivity index (χ1) is 7.81. The fourth-order valence-electron chi connectivity index (χ4n) is 1.70. The Morgan fingerprint density at radius 3 is 3.00 bits per heavy atom. The highest BCUT2D eigenvalue weighted by molar-refractivity contribution is 5.78. The lowest BCUT2D eigenvalue weighted by Crippen LogP contribution is -2.35. The van der Waals surface area contributed by atoms with Crippen molar-refractivity contribution in [1.82, 2.24) is 9.88 Å². The van der Waals surface area contributed by atoms with E-state index >= 15 is 0 Å². The Kier molecular flexibility index (Phi) is 3.51. The lowest BCUT2D eigenvalue weighted by atomic mass is 10.2. The van der Waals surface area contributed by atoms with Crippen LogP contribution in [0.4, 0.5) is 0 Å². The first kappa shape index (κ1) is 11.1. The van der Waals surface area contributed by atoms with Crippen molar-refractivity contribution in [2.45, 2.75) is 25.4 Å². The van der Waals surface area contributed by atoms with Crippen LogP contribution < -0.4 is 0 Å². The number of amides is 1. The molecule has 1 aliphatic carbocycles. The Morgan fingerprint density at radius 2 is 2.44 bits per heavy atom. The second kappa shape index (κ2) is 5.07. The molecule has 0 aromatic carbocycles. The Labute approximate surface area is 95.2 Å². The van der Waals surface area contributed by atoms with Crippen molar-refractivity contribution in [2.75, 3.05) is 13.7 Å². The number of carbonyl (C=O) groups is 1. The quantitative estimate of drug-likeness (QED) is 0.749. The second-order valence-corrected chi connectivity index (χ2v) is 4.05. The molecule has 86 valence electrons. The monoisotopic (exact) mass is 220 g/mol. The zero-order valence-corrected chi connectivity index (χ0v) is 9.43. The Morgan fingerprint density at radius 1 is 1.62 bits per heavy atom. The second-order valence-electron chi connectivity index (χ2n) is 4.05. The van der Waals surface area contributed by atoms with Gasteiger partial charge in [0.25, 0.3) is 0 Å². The minimum absolute atomic E-state index is 0.0638. The summed E-state index contributed by atoms with van der Waals surface area (Å²) < 4.78 is 4.89. The predicted octanol–water partition coefficient (Wildman–Crippen LogP) is 1.22. The Balaban J connectivity index is 2.00. The van der Waals surface area contributed by atoms with Crippen LogP contribution in [0.25, 0.3) is 0 Å². The fraction of sp³-hybridized carbons (Fsp3) is 0.500. The maximum absolute atomic E-state index is 11.8. The van der Waals surface area contributed by atoms with Gasteiger partial charge in [-0.1, -0.05) is 6.07 Å². The summed E-state index contributed by atoms with van der Waals surface area (Å²) in [5.41, 5.74) is 1.07. The molecular formula is C12H16N2O2. The van der Waals surface area contributed by atoms with Gasteiger partial charge in [0.15, 0.2) is 0 Å². The molecule has 0 spiro atoms. The van der Waals surface area contributed by atoms with E-state index in [9.17, 15) is 4.79 Å². The van der Waals surface area contributed by atoms with Crippen LogP contribution in [0.2, 0.25) is 0 Å². The normalized spacial score (nSPS) is 14.8. The molecule has 1 aromatic heterocycles. The van der Waals surface area contributed by atoms with E-state index in [1.807, 2.05) is 17.0 Å². The molecule has 0 bridgehead atoms. The molecule has 1 aromatic rings. The molecular weight excluding hydrogens is 204 g/mol. The van der Waals surface area contributed by atoms with Crippen LogP contribution in [0.5, 0.6) is 0 Å². The number of carbonyl (C=O) groups excluding carboxylic acids is 1. The molecule has 0 N–H and O–H groups in total. The lowest BCUT2D eigenvalue weighted by Gasteiger charge is -2.21. The number of methoxy groups -OCH3 is 1. The summed E-state index contributed by atoms with van der Waals surface area (Å²) in [6, 6.07) is 4.28. The van der Waals surface area contributed by atoms with Crippen molar-refractivity contribution >= 4 is 5.91 Å². The third-order valence-electron chi connectivity index (χ3n) is 2.65. The van der Waals surface area contributed by atoms with E-state index in [-0.39, 0.29) is 12.5 Å². The number of rotatable bonds is 5. The Bertz CT molecular complexity index is 349. The Hall–Kier alpha value is -1.42. The minimum atomic E-state index is 0.0638. The maximum Gasteiger partial charge on any atom is 0.249 e. The average Bonchev–Trinajstić information content (AvgIpc) is 3.11. The standard InChI is InChI=1S/C12H16N2O2/c1-16-9-12(15)14(11-4-5-11)8-10-3-2-6-13-7-10/h2-3,6-7,11H,4-5,8-9H2,1H3. The third-order valence-corrected chi connectivity index (χ3v) is 2.65. The molecule has 1 amide bonds. The van der Waals surface area contributed by atoms with Gasteiger partial charge in [0.1, 0.15) is 6.61 Å². The topological polar surface area (TPSA) is 42.4 Å². The molecule has 16 heavy (non-hydrogen) atoms. The van der Waals surface area contributed by atoms with E-state index in [1.165, 1.54) is 0 Å². The first-order valence-corrected chi connectivity index (χ1v) is 5.48. The van der Waals surface area contributed by atoms with Gasteiger partial charge >= 0.3 is 0 Å². The van der Waals surface area contributed by atoms with Crippen molar-refractivity contribution in [3.05, 3.63) is 30.1 Å². The van der Waals surface area contributed by atoms with Crippen molar-refractivity contribution < 1.29 is 9.53 Å². The van der Waals surface area contributed by atoms with Crippen LogP contribution >= 0.6 is 0 Å². The van der Waals surface area contributed by atoms with Crippen molar-refractivity contribution in [2.24, 2.45) is 0 Å². The summed E-state index contributed by atoms with van der Waals surface area (Å²) in [5.74, 6) is 0.0638. The van der Waals surface area contributed by atoms with Gasteiger partial charge in [0.2, 0.25) is 5.91 Å². The summed E-state index contributed by atoms with van der Waals surface area (Å²) in [6.07, 6.45) is 5.75. The van der Waals surface area contributed by atoms with Gasteiger partial charge in [0.05, 0.1) is 0 Å². The van der Waals surface area contributed by atoms with E-state index < -0.39 is 0 Å². The third kappa shape index (κ3) is 2.79. The zero-order chi connectivity index (χ0) is 11.4. The number of aromatic nitrogens is 1. The number of hydrogen-bond donors (Lipinski definition) is 0. The highest BCUT2D eigenvalue weighted by Crippen LogP contribution is 2.28. The highest BCUT2D eigenvalue weighted by Gasteiger charge is 2.32.